The molecule has 0 atom stereocenters. The summed E-state index contributed by atoms with van der Waals surface area (Å²) in [6, 6.07) is 28.5. The smallest absolute Gasteiger partial charge is 0.00733 e. The van der Waals surface area contributed by atoms with Crippen LogP contribution in [-0.2, 0) is 6.42 Å². The lowest BCUT2D eigenvalue weighted by atomic mass is 9.88. The maximum Gasteiger partial charge on any atom is -0.00733 e. The highest BCUT2D eigenvalue weighted by Gasteiger charge is 2.11. The van der Waals surface area contributed by atoms with Crippen LogP contribution >= 0.6 is 13.5 Å². The Hall–Kier alpha value is -1.99. The largest absolute Gasteiger partial charge is 0.197 e. The maximum atomic E-state index is 2.32. The number of unbranched alkanes of at least 4 members (excludes halogenated alkanes) is 5. The molecule has 0 N–H and O–H groups in total. The fourth-order valence-corrected chi connectivity index (χ4v) is 3.71. The zero-order chi connectivity index (χ0) is 18.0. The van der Waals surface area contributed by atoms with Crippen LogP contribution in [0.4, 0.5) is 0 Å². The van der Waals surface area contributed by atoms with E-state index in [1.54, 1.807) is 0 Å². The first-order chi connectivity index (χ1) is 12.9. The Balaban J connectivity index is 0.00000261. The molecule has 0 nitrogen and oxygen atoms in total. The normalized spacial score (nSPS) is 10.4. The molecule has 0 aliphatic carbocycles. The predicted molar refractivity (Wildman–Crippen MR) is 125 cm³/mol. The minimum Gasteiger partial charge on any atom is -0.197 e. The summed E-state index contributed by atoms with van der Waals surface area (Å²) in [6.45, 7) is 2.28. The van der Waals surface area contributed by atoms with Crippen molar-refractivity contribution in [3.63, 3.8) is 0 Å². The molecular weight excluding hydrogens is 344 g/mol. The van der Waals surface area contributed by atoms with Gasteiger partial charge in [-0.05, 0) is 40.7 Å². The third-order valence-electron chi connectivity index (χ3n) is 5.10. The van der Waals surface area contributed by atoms with Gasteiger partial charge in [-0.15, -0.1) is 0 Å². The van der Waals surface area contributed by atoms with Crippen LogP contribution in [-0.4, -0.2) is 0 Å². The first-order valence-electron chi connectivity index (χ1n) is 10.1. The summed E-state index contributed by atoms with van der Waals surface area (Å²) in [4.78, 5) is 0. The SMILES string of the molecule is CCCCCCCCc1cccc(-c2ccccc2)c1-c1ccccc1.S. The van der Waals surface area contributed by atoms with Crippen molar-refractivity contribution in [2.24, 2.45) is 0 Å². The Bertz CT molecular complexity index is 778. The lowest BCUT2D eigenvalue weighted by Crippen LogP contribution is -1.94. The number of hydrogen-bond acceptors (Lipinski definition) is 0. The summed E-state index contributed by atoms with van der Waals surface area (Å²) in [6.07, 6.45) is 9.22. The molecule has 0 amide bonds. The molecule has 3 aromatic carbocycles. The second kappa shape index (κ2) is 11.7. The van der Waals surface area contributed by atoms with Crippen molar-refractivity contribution in [2.75, 3.05) is 0 Å². The van der Waals surface area contributed by atoms with Crippen molar-refractivity contribution < 1.29 is 0 Å². The van der Waals surface area contributed by atoms with Gasteiger partial charge in [0.1, 0.15) is 0 Å². The molecule has 0 saturated carbocycles. The minimum atomic E-state index is 0. The summed E-state index contributed by atoms with van der Waals surface area (Å²) in [7, 11) is 0. The molecule has 3 rings (SSSR count). The lowest BCUT2D eigenvalue weighted by Gasteiger charge is -2.16. The summed E-state index contributed by atoms with van der Waals surface area (Å²) in [5, 5.41) is 0. The van der Waals surface area contributed by atoms with Gasteiger partial charge in [0, 0.05) is 0 Å². The molecule has 3 aromatic rings. The van der Waals surface area contributed by atoms with Crippen molar-refractivity contribution in [2.45, 2.75) is 51.9 Å². The minimum absolute atomic E-state index is 0. The molecule has 142 valence electrons. The lowest BCUT2D eigenvalue weighted by molar-refractivity contribution is 0.608. The summed E-state index contributed by atoms with van der Waals surface area (Å²) in [5.74, 6) is 0. The summed E-state index contributed by atoms with van der Waals surface area (Å²) >= 11 is 0. The topological polar surface area (TPSA) is 0 Å². The van der Waals surface area contributed by atoms with Crippen LogP contribution in [0.2, 0.25) is 0 Å². The van der Waals surface area contributed by atoms with Gasteiger partial charge >= 0.3 is 0 Å². The van der Waals surface area contributed by atoms with E-state index < -0.39 is 0 Å². The first kappa shape index (κ1) is 21.3. The molecule has 0 heterocycles. The molecule has 0 spiro atoms. The zero-order valence-electron chi connectivity index (χ0n) is 16.5. The quantitative estimate of drug-likeness (QED) is 0.331. The molecule has 0 unspecified atom stereocenters. The Morgan fingerprint density at radius 3 is 1.81 bits per heavy atom. The molecule has 0 bridgehead atoms. The fraction of sp³-hybridized carbons (Fsp3) is 0.308. The van der Waals surface area contributed by atoms with Crippen LogP contribution in [0.15, 0.2) is 78.9 Å². The molecule has 0 fully saturated rings. The molecule has 0 saturated heterocycles. The molecular formula is C26H32S. The van der Waals surface area contributed by atoms with Crippen LogP contribution in [0.1, 0.15) is 51.0 Å². The van der Waals surface area contributed by atoms with Crippen molar-refractivity contribution in [1.29, 1.82) is 0 Å². The number of rotatable bonds is 9. The van der Waals surface area contributed by atoms with E-state index in [0.717, 1.165) is 6.42 Å². The Labute approximate surface area is 172 Å². The van der Waals surface area contributed by atoms with Crippen molar-refractivity contribution >= 4 is 13.5 Å². The second-order valence-corrected chi connectivity index (χ2v) is 7.09. The standard InChI is InChI=1S/C26H30.H2S/c1-2-3-4-5-6-9-17-24-20-14-21-25(22-15-10-7-11-16-22)26(24)23-18-12-8-13-19-23;/h7-8,10-16,18-21H,2-6,9,17H2,1H3;1H2. The van der Waals surface area contributed by atoms with Crippen LogP contribution < -0.4 is 0 Å². The average Bonchev–Trinajstić information content (AvgIpc) is 2.71. The van der Waals surface area contributed by atoms with E-state index >= 15 is 0 Å². The van der Waals surface area contributed by atoms with Crippen LogP contribution in [0, 0.1) is 0 Å². The molecule has 0 aromatic heterocycles. The highest BCUT2D eigenvalue weighted by molar-refractivity contribution is 7.59. The second-order valence-electron chi connectivity index (χ2n) is 7.09. The predicted octanol–water partition coefficient (Wildman–Crippen LogP) is 8.04. The number of aryl methyl sites for hydroxylation is 1. The van der Waals surface area contributed by atoms with Gasteiger partial charge < -0.3 is 0 Å². The molecule has 0 aliphatic heterocycles. The molecule has 0 radical (unpaired) electrons. The van der Waals surface area contributed by atoms with Gasteiger partial charge in [-0.1, -0.05) is 118 Å². The first-order valence-corrected chi connectivity index (χ1v) is 10.1. The van der Waals surface area contributed by atoms with E-state index in [9.17, 15) is 0 Å². The van der Waals surface area contributed by atoms with Gasteiger partial charge in [0.05, 0.1) is 0 Å². The van der Waals surface area contributed by atoms with E-state index in [1.807, 2.05) is 0 Å². The summed E-state index contributed by atoms with van der Waals surface area (Å²) in [5.41, 5.74) is 6.87. The Morgan fingerprint density at radius 2 is 1.15 bits per heavy atom. The third-order valence-corrected chi connectivity index (χ3v) is 5.10. The number of benzene rings is 3. The van der Waals surface area contributed by atoms with Gasteiger partial charge in [0.25, 0.3) is 0 Å². The fourth-order valence-electron chi connectivity index (χ4n) is 3.71. The van der Waals surface area contributed by atoms with Crippen LogP contribution in [0.3, 0.4) is 0 Å². The van der Waals surface area contributed by atoms with Crippen LogP contribution in [0.5, 0.6) is 0 Å². The van der Waals surface area contributed by atoms with Crippen LogP contribution in [0.25, 0.3) is 22.3 Å². The maximum absolute atomic E-state index is 2.32. The number of hydrogen-bond donors (Lipinski definition) is 0. The van der Waals surface area contributed by atoms with E-state index in [1.165, 1.54) is 66.3 Å². The van der Waals surface area contributed by atoms with Gasteiger partial charge in [-0.3, -0.25) is 0 Å². The Kier molecular flexibility index (Phi) is 9.21. The van der Waals surface area contributed by atoms with E-state index in [2.05, 4.69) is 85.8 Å². The van der Waals surface area contributed by atoms with Crippen molar-refractivity contribution in [3.05, 3.63) is 84.4 Å². The monoisotopic (exact) mass is 376 g/mol. The molecule has 1 heteroatoms. The third kappa shape index (κ3) is 6.01. The summed E-state index contributed by atoms with van der Waals surface area (Å²) < 4.78 is 0. The Morgan fingerprint density at radius 1 is 0.556 bits per heavy atom. The van der Waals surface area contributed by atoms with E-state index in [4.69, 9.17) is 0 Å². The molecule has 27 heavy (non-hydrogen) atoms. The average molecular weight is 377 g/mol. The van der Waals surface area contributed by atoms with Crippen molar-refractivity contribution in [3.8, 4) is 22.3 Å². The van der Waals surface area contributed by atoms with Gasteiger partial charge in [-0.25, -0.2) is 0 Å². The zero-order valence-corrected chi connectivity index (χ0v) is 17.5. The highest BCUT2D eigenvalue weighted by atomic mass is 32.1. The van der Waals surface area contributed by atoms with Crippen molar-refractivity contribution in [1.82, 2.24) is 0 Å². The van der Waals surface area contributed by atoms with E-state index in [0.29, 0.717) is 0 Å². The highest BCUT2D eigenvalue weighted by Crippen LogP contribution is 2.35. The van der Waals surface area contributed by atoms with E-state index in [-0.39, 0.29) is 13.5 Å². The van der Waals surface area contributed by atoms with Gasteiger partial charge in [0.2, 0.25) is 0 Å². The molecule has 0 aliphatic rings. The van der Waals surface area contributed by atoms with Gasteiger partial charge in [0.15, 0.2) is 0 Å². The van der Waals surface area contributed by atoms with Gasteiger partial charge in [-0.2, -0.15) is 13.5 Å².